The molecule has 0 bridgehead atoms. The topological polar surface area (TPSA) is 81.8 Å². The van der Waals surface area contributed by atoms with Crippen LogP contribution in [0.4, 0.5) is 21.9 Å². The van der Waals surface area contributed by atoms with Gasteiger partial charge in [0.25, 0.3) is 0 Å². The molecule has 2 aliphatic rings. The lowest BCUT2D eigenvalue weighted by atomic mass is 10.0. The molecule has 4 rings (SSSR count). The molecule has 2 aromatic rings. The number of nitrogens with one attached hydrogen (secondary N) is 2. The minimum atomic E-state index is -0.418. The van der Waals surface area contributed by atoms with E-state index in [1.165, 1.54) is 0 Å². The number of urea groups is 1. The Balaban J connectivity index is 1.44. The molecule has 0 radical (unpaired) electrons. The summed E-state index contributed by atoms with van der Waals surface area (Å²) in [6.07, 6.45) is 0.186. The summed E-state index contributed by atoms with van der Waals surface area (Å²) in [6, 6.07) is 15.0. The van der Waals surface area contributed by atoms with Gasteiger partial charge in [0.15, 0.2) is 0 Å². The summed E-state index contributed by atoms with van der Waals surface area (Å²) in [7, 11) is 0. The van der Waals surface area contributed by atoms with Crippen LogP contribution >= 0.6 is 0 Å². The number of nitrogens with zero attached hydrogens (tertiary/aromatic N) is 2. The number of benzene rings is 2. The third kappa shape index (κ3) is 4.01. The third-order valence-electron chi connectivity index (χ3n) is 5.63. The van der Waals surface area contributed by atoms with Gasteiger partial charge in [0, 0.05) is 43.1 Å². The second kappa shape index (κ2) is 8.18. The minimum absolute atomic E-state index is 0.0430. The van der Waals surface area contributed by atoms with Crippen LogP contribution in [0.25, 0.3) is 0 Å². The highest BCUT2D eigenvalue weighted by Crippen LogP contribution is 2.29. The monoisotopic (exact) mass is 406 g/mol. The van der Waals surface area contributed by atoms with Gasteiger partial charge in [-0.15, -0.1) is 0 Å². The Hall–Kier alpha value is -3.35. The molecule has 2 aliphatic heterocycles. The zero-order valence-corrected chi connectivity index (χ0v) is 17.2. The van der Waals surface area contributed by atoms with Crippen LogP contribution in [-0.2, 0) is 9.59 Å². The minimum Gasteiger partial charge on any atom is -0.336 e. The van der Waals surface area contributed by atoms with E-state index in [1.54, 1.807) is 28.0 Å². The molecule has 7 nitrogen and oxygen atoms in total. The van der Waals surface area contributed by atoms with Crippen LogP contribution in [0.2, 0.25) is 0 Å². The molecule has 0 spiro atoms. The first-order chi connectivity index (χ1) is 14.4. The fourth-order valence-corrected chi connectivity index (χ4v) is 3.90. The summed E-state index contributed by atoms with van der Waals surface area (Å²) < 4.78 is 0. The number of amides is 4. The molecule has 156 valence electrons. The van der Waals surface area contributed by atoms with E-state index in [0.717, 1.165) is 16.9 Å². The summed E-state index contributed by atoms with van der Waals surface area (Å²) in [4.78, 5) is 40.6. The lowest BCUT2D eigenvalue weighted by Crippen LogP contribution is -2.29. The van der Waals surface area contributed by atoms with Crippen molar-refractivity contribution in [2.45, 2.75) is 26.2 Å². The van der Waals surface area contributed by atoms with Crippen LogP contribution in [0, 0.1) is 5.92 Å². The molecule has 2 aromatic carbocycles. The molecule has 0 aliphatic carbocycles. The first-order valence-corrected chi connectivity index (χ1v) is 10.3. The molecular formula is C23H26N4O3. The first-order valence-electron chi connectivity index (χ1n) is 10.3. The maximum atomic E-state index is 12.8. The van der Waals surface area contributed by atoms with Crippen molar-refractivity contribution in [3.8, 4) is 0 Å². The van der Waals surface area contributed by atoms with Gasteiger partial charge >= 0.3 is 6.03 Å². The molecule has 4 amide bonds. The number of hydrogen-bond donors (Lipinski definition) is 2. The van der Waals surface area contributed by atoms with Crippen LogP contribution in [0.15, 0.2) is 48.5 Å². The maximum absolute atomic E-state index is 12.8. The molecular weight excluding hydrogens is 380 g/mol. The van der Waals surface area contributed by atoms with Crippen molar-refractivity contribution in [1.82, 2.24) is 5.32 Å². The van der Waals surface area contributed by atoms with Crippen molar-refractivity contribution in [3.05, 3.63) is 54.1 Å². The van der Waals surface area contributed by atoms with E-state index in [-0.39, 0.29) is 24.3 Å². The van der Waals surface area contributed by atoms with E-state index >= 15 is 0 Å². The lowest BCUT2D eigenvalue weighted by molar-refractivity contribution is -0.122. The van der Waals surface area contributed by atoms with E-state index < -0.39 is 5.92 Å². The predicted octanol–water partition coefficient (Wildman–Crippen LogP) is 3.33. The molecule has 2 N–H and O–H groups in total. The predicted molar refractivity (Wildman–Crippen MR) is 117 cm³/mol. The number of carbonyl (C=O) groups excluding carboxylic acids is 3. The Morgan fingerprint density at radius 2 is 1.80 bits per heavy atom. The number of carbonyl (C=O) groups is 3. The fourth-order valence-electron chi connectivity index (χ4n) is 3.90. The first kappa shape index (κ1) is 19.9. The maximum Gasteiger partial charge on any atom is 0.321 e. The Labute approximate surface area is 176 Å². The van der Waals surface area contributed by atoms with Crippen molar-refractivity contribution >= 4 is 34.9 Å². The fraction of sp³-hybridized carbons (Fsp3) is 0.348. The highest BCUT2D eigenvalue weighted by molar-refractivity contribution is 6.04. The molecule has 2 fully saturated rings. The van der Waals surface area contributed by atoms with Gasteiger partial charge in [0.2, 0.25) is 11.8 Å². The van der Waals surface area contributed by atoms with Crippen LogP contribution in [0.1, 0.15) is 31.7 Å². The standard InChI is InChI=1S/C23H26N4O3/c1-15(2)16-5-3-7-19(11-16)27-14-17(12-21(27)28)22(29)25-18-6-4-8-20(13-18)26-10-9-24-23(26)30/h3-8,11,13,15,17H,9-10,12,14H2,1-2H3,(H,24,30)(H,25,29). The van der Waals surface area contributed by atoms with Crippen LogP contribution in [0.5, 0.6) is 0 Å². The number of rotatable bonds is 5. The van der Waals surface area contributed by atoms with Gasteiger partial charge in [-0.2, -0.15) is 0 Å². The SMILES string of the molecule is CC(C)c1cccc(N2CC(C(=O)Nc3cccc(N4CCNC4=O)c3)CC2=O)c1. The number of anilines is 3. The number of hydrogen-bond acceptors (Lipinski definition) is 3. The van der Waals surface area contributed by atoms with E-state index in [4.69, 9.17) is 0 Å². The second-order valence-electron chi connectivity index (χ2n) is 8.08. The molecule has 0 aromatic heterocycles. The largest absolute Gasteiger partial charge is 0.336 e. The molecule has 2 heterocycles. The van der Waals surface area contributed by atoms with Gasteiger partial charge in [0.05, 0.1) is 5.92 Å². The molecule has 2 saturated heterocycles. The van der Waals surface area contributed by atoms with Crippen molar-refractivity contribution in [2.75, 3.05) is 34.8 Å². The zero-order valence-electron chi connectivity index (χ0n) is 17.2. The van der Waals surface area contributed by atoms with Gasteiger partial charge in [-0.1, -0.05) is 32.0 Å². The average molecular weight is 406 g/mol. The molecule has 7 heteroatoms. The Morgan fingerprint density at radius 1 is 1.07 bits per heavy atom. The summed E-state index contributed by atoms with van der Waals surface area (Å²) in [5, 5.41) is 5.67. The van der Waals surface area contributed by atoms with Crippen molar-refractivity contribution in [3.63, 3.8) is 0 Å². The van der Waals surface area contributed by atoms with Gasteiger partial charge in [-0.25, -0.2) is 4.79 Å². The summed E-state index contributed by atoms with van der Waals surface area (Å²) >= 11 is 0. The molecule has 1 unspecified atom stereocenters. The highest BCUT2D eigenvalue weighted by Gasteiger charge is 2.35. The van der Waals surface area contributed by atoms with E-state index in [1.807, 2.05) is 30.3 Å². The third-order valence-corrected chi connectivity index (χ3v) is 5.63. The van der Waals surface area contributed by atoms with E-state index in [0.29, 0.717) is 31.2 Å². The second-order valence-corrected chi connectivity index (χ2v) is 8.08. The Bertz CT molecular complexity index is 988. The normalized spacial score (nSPS) is 18.8. The van der Waals surface area contributed by atoms with Crippen molar-refractivity contribution < 1.29 is 14.4 Å². The van der Waals surface area contributed by atoms with Crippen LogP contribution in [0.3, 0.4) is 0 Å². The smallest absolute Gasteiger partial charge is 0.321 e. The van der Waals surface area contributed by atoms with Gasteiger partial charge in [-0.05, 0) is 41.8 Å². The summed E-state index contributed by atoms with van der Waals surface area (Å²) in [5.74, 6) is -0.280. The van der Waals surface area contributed by atoms with E-state index in [2.05, 4.69) is 24.5 Å². The van der Waals surface area contributed by atoms with Gasteiger partial charge in [0.1, 0.15) is 0 Å². The highest BCUT2D eigenvalue weighted by atomic mass is 16.2. The lowest BCUT2D eigenvalue weighted by Gasteiger charge is -2.19. The van der Waals surface area contributed by atoms with Crippen LogP contribution in [-0.4, -0.2) is 37.5 Å². The van der Waals surface area contributed by atoms with E-state index in [9.17, 15) is 14.4 Å². The van der Waals surface area contributed by atoms with Gasteiger partial charge in [-0.3, -0.25) is 14.5 Å². The van der Waals surface area contributed by atoms with Crippen molar-refractivity contribution in [1.29, 1.82) is 0 Å². The molecule has 1 atom stereocenters. The van der Waals surface area contributed by atoms with Crippen LogP contribution < -0.4 is 20.4 Å². The molecule has 30 heavy (non-hydrogen) atoms. The van der Waals surface area contributed by atoms with Crippen molar-refractivity contribution in [2.24, 2.45) is 5.92 Å². The summed E-state index contributed by atoms with van der Waals surface area (Å²) in [5.41, 5.74) is 3.35. The zero-order chi connectivity index (χ0) is 21.3. The van der Waals surface area contributed by atoms with Gasteiger partial charge < -0.3 is 15.5 Å². The quantitative estimate of drug-likeness (QED) is 0.799. The average Bonchev–Trinajstić information content (AvgIpc) is 3.34. The summed E-state index contributed by atoms with van der Waals surface area (Å²) in [6.45, 7) is 5.79. The Morgan fingerprint density at radius 3 is 2.50 bits per heavy atom. The molecule has 0 saturated carbocycles. The Kier molecular flexibility index (Phi) is 5.44.